The molecule has 0 saturated heterocycles. The van der Waals surface area contributed by atoms with E-state index in [1.165, 1.54) is 18.2 Å². The average Bonchev–Trinajstić information content (AvgIpc) is 2.59. The SMILES string of the molecule is CCNC(=O)C(C)(C)CNC(=NCc1cc(Cl)ccc1OC(F)F)NCC. The van der Waals surface area contributed by atoms with Crippen molar-refractivity contribution in [3.8, 4) is 5.75 Å². The zero-order valence-electron chi connectivity index (χ0n) is 16.0. The number of nitrogens with zero attached hydrogens (tertiary/aromatic N) is 1. The van der Waals surface area contributed by atoms with Gasteiger partial charge in [-0.1, -0.05) is 11.6 Å². The van der Waals surface area contributed by atoms with Gasteiger partial charge in [-0.2, -0.15) is 8.78 Å². The summed E-state index contributed by atoms with van der Waals surface area (Å²) in [5, 5.41) is 9.35. The van der Waals surface area contributed by atoms with Crippen LogP contribution in [0, 0.1) is 5.41 Å². The highest BCUT2D eigenvalue weighted by atomic mass is 35.5. The first kappa shape index (κ1) is 23.0. The Kier molecular flexibility index (Phi) is 9.28. The van der Waals surface area contributed by atoms with E-state index in [9.17, 15) is 13.6 Å². The average molecular weight is 405 g/mol. The number of benzene rings is 1. The second kappa shape index (κ2) is 10.9. The molecule has 152 valence electrons. The fourth-order valence-corrected chi connectivity index (χ4v) is 2.37. The highest BCUT2D eigenvalue weighted by molar-refractivity contribution is 6.30. The molecule has 1 aromatic carbocycles. The number of carbonyl (C=O) groups excluding carboxylic acids is 1. The third kappa shape index (κ3) is 7.99. The Hall–Kier alpha value is -2.09. The van der Waals surface area contributed by atoms with Gasteiger partial charge < -0.3 is 20.7 Å². The van der Waals surface area contributed by atoms with Crippen LogP contribution in [-0.4, -0.2) is 38.1 Å². The molecule has 1 rings (SSSR count). The van der Waals surface area contributed by atoms with Crippen LogP contribution in [-0.2, 0) is 11.3 Å². The highest BCUT2D eigenvalue weighted by Gasteiger charge is 2.27. The number of aliphatic imine (C=N–C) groups is 1. The molecule has 9 heteroatoms. The Labute approximate surface area is 163 Å². The van der Waals surface area contributed by atoms with Gasteiger partial charge in [-0.15, -0.1) is 0 Å². The first-order chi connectivity index (χ1) is 12.7. The number of nitrogens with one attached hydrogen (secondary N) is 3. The van der Waals surface area contributed by atoms with Crippen molar-refractivity contribution in [2.45, 2.75) is 40.9 Å². The summed E-state index contributed by atoms with van der Waals surface area (Å²) in [5.74, 6) is 0.408. The Bertz CT molecular complexity index is 654. The zero-order valence-corrected chi connectivity index (χ0v) is 16.8. The topological polar surface area (TPSA) is 74.8 Å². The Balaban J connectivity index is 2.88. The van der Waals surface area contributed by atoms with Crippen LogP contribution in [0.1, 0.15) is 33.3 Å². The normalized spacial score (nSPS) is 12.1. The minimum Gasteiger partial charge on any atom is -0.434 e. The quantitative estimate of drug-likeness (QED) is 0.436. The van der Waals surface area contributed by atoms with E-state index in [4.69, 9.17) is 11.6 Å². The van der Waals surface area contributed by atoms with Crippen LogP contribution in [0.4, 0.5) is 8.78 Å². The standard InChI is InChI=1S/C18H27ClF2N4O2/c1-5-22-15(26)18(3,4)11-25-17(23-6-2)24-10-12-9-13(19)7-8-14(12)27-16(20)21/h7-9,16H,5-6,10-11H2,1-4H3,(H,22,26)(H2,23,24,25). The van der Waals surface area contributed by atoms with E-state index in [2.05, 4.69) is 25.7 Å². The molecule has 0 fully saturated rings. The van der Waals surface area contributed by atoms with E-state index in [1.807, 2.05) is 27.7 Å². The molecule has 27 heavy (non-hydrogen) atoms. The van der Waals surface area contributed by atoms with Crippen molar-refractivity contribution in [3.63, 3.8) is 0 Å². The molecule has 0 bridgehead atoms. The van der Waals surface area contributed by atoms with Crippen molar-refractivity contribution in [2.24, 2.45) is 10.4 Å². The molecule has 0 radical (unpaired) electrons. The third-order valence-electron chi connectivity index (χ3n) is 3.64. The van der Waals surface area contributed by atoms with Crippen molar-refractivity contribution in [2.75, 3.05) is 19.6 Å². The molecular weight excluding hydrogens is 378 g/mol. The third-order valence-corrected chi connectivity index (χ3v) is 3.88. The van der Waals surface area contributed by atoms with Crippen molar-refractivity contribution in [1.29, 1.82) is 0 Å². The molecule has 0 atom stereocenters. The molecule has 0 aliphatic rings. The van der Waals surface area contributed by atoms with E-state index in [1.54, 1.807) is 0 Å². The van der Waals surface area contributed by atoms with Crippen LogP contribution in [0.15, 0.2) is 23.2 Å². The van der Waals surface area contributed by atoms with Crippen molar-refractivity contribution >= 4 is 23.5 Å². The van der Waals surface area contributed by atoms with Crippen LogP contribution >= 0.6 is 11.6 Å². The molecular formula is C18H27ClF2N4O2. The lowest BCUT2D eigenvalue weighted by Gasteiger charge is -2.25. The van der Waals surface area contributed by atoms with Crippen molar-refractivity contribution < 1.29 is 18.3 Å². The molecule has 1 amide bonds. The van der Waals surface area contributed by atoms with Gasteiger partial charge >= 0.3 is 6.61 Å². The maximum atomic E-state index is 12.6. The first-order valence-electron chi connectivity index (χ1n) is 8.73. The van der Waals surface area contributed by atoms with Gasteiger partial charge in [-0.05, 0) is 45.9 Å². The van der Waals surface area contributed by atoms with Gasteiger partial charge in [0, 0.05) is 30.2 Å². The van der Waals surface area contributed by atoms with Crippen LogP contribution in [0.2, 0.25) is 5.02 Å². The molecule has 0 unspecified atom stereocenters. The number of guanidine groups is 1. The lowest BCUT2D eigenvalue weighted by Crippen LogP contribution is -2.47. The number of rotatable bonds is 9. The van der Waals surface area contributed by atoms with E-state index < -0.39 is 12.0 Å². The summed E-state index contributed by atoms with van der Waals surface area (Å²) in [6.07, 6.45) is 0. The lowest BCUT2D eigenvalue weighted by molar-refractivity contribution is -0.128. The number of halogens is 3. The monoisotopic (exact) mass is 404 g/mol. The highest BCUT2D eigenvalue weighted by Crippen LogP contribution is 2.25. The second-order valence-electron chi connectivity index (χ2n) is 6.42. The minimum absolute atomic E-state index is 0.0247. The Morgan fingerprint density at radius 3 is 2.48 bits per heavy atom. The summed E-state index contributed by atoms with van der Waals surface area (Å²) in [6, 6.07) is 4.40. The van der Waals surface area contributed by atoms with Crippen molar-refractivity contribution in [3.05, 3.63) is 28.8 Å². The maximum Gasteiger partial charge on any atom is 0.387 e. The fraction of sp³-hybridized carbons (Fsp3) is 0.556. The zero-order chi connectivity index (χ0) is 20.4. The fourth-order valence-electron chi connectivity index (χ4n) is 2.17. The maximum absolute atomic E-state index is 12.6. The van der Waals surface area contributed by atoms with Gasteiger partial charge in [-0.3, -0.25) is 4.79 Å². The number of hydrogen-bond donors (Lipinski definition) is 3. The van der Waals surface area contributed by atoms with Gasteiger partial charge in [0.2, 0.25) is 5.91 Å². The summed E-state index contributed by atoms with van der Waals surface area (Å²) in [4.78, 5) is 16.5. The Morgan fingerprint density at radius 1 is 1.22 bits per heavy atom. The summed E-state index contributed by atoms with van der Waals surface area (Å²) >= 11 is 5.95. The molecule has 0 aliphatic carbocycles. The van der Waals surface area contributed by atoms with E-state index in [0.29, 0.717) is 36.2 Å². The summed E-state index contributed by atoms with van der Waals surface area (Å²) in [6.45, 7) is 6.05. The van der Waals surface area contributed by atoms with Crippen molar-refractivity contribution in [1.82, 2.24) is 16.0 Å². The molecule has 3 N–H and O–H groups in total. The molecule has 0 spiro atoms. The molecule has 0 aliphatic heterocycles. The second-order valence-corrected chi connectivity index (χ2v) is 6.86. The molecule has 0 aromatic heterocycles. The van der Waals surface area contributed by atoms with Gasteiger partial charge in [0.15, 0.2) is 5.96 Å². The molecule has 0 saturated carbocycles. The summed E-state index contributed by atoms with van der Waals surface area (Å²) in [5.41, 5.74) is -0.213. The van der Waals surface area contributed by atoms with E-state index >= 15 is 0 Å². The molecule has 0 heterocycles. The number of hydrogen-bond acceptors (Lipinski definition) is 3. The number of amides is 1. The smallest absolute Gasteiger partial charge is 0.387 e. The van der Waals surface area contributed by atoms with E-state index in [-0.39, 0.29) is 18.2 Å². The van der Waals surface area contributed by atoms with E-state index in [0.717, 1.165) is 0 Å². The number of carbonyl (C=O) groups is 1. The molecule has 6 nitrogen and oxygen atoms in total. The lowest BCUT2D eigenvalue weighted by atomic mass is 9.92. The Morgan fingerprint density at radius 2 is 1.89 bits per heavy atom. The number of ether oxygens (including phenoxy) is 1. The van der Waals surface area contributed by atoms with Crippen LogP contribution in [0.5, 0.6) is 5.75 Å². The van der Waals surface area contributed by atoms with Gasteiger partial charge in [0.05, 0.1) is 12.0 Å². The molecule has 1 aromatic rings. The van der Waals surface area contributed by atoms with Crippen LogP contribution < -0.4 is 20.7 Å². The largest absolute Gasteiger partial charge is 0.434 e. The minimum atomic E-state index is -2.93. The number of alkyl halides is 2. The first-order valence-corrected chi connectivity index (χ1v) is 9.11. The van der Waals surface area contributed by atoms with Gasteiger partial charge in [0.25, 0.3) is 0 Å². The summed E-state index contributed by atoms with van der Waals surface area (Å²) in [7, 11) is 0. The van der Waals surface area contributed by atoms with Gasteiger partial charge in [0.1, 0.15) is 5.75 Å². The predicted octanol–water partition coefficient (Wildman–Crippen LogP) is 3.16. The van der Waals surface area contributed by atoms with Gasteiger partial charge in [-0.25, -0.2) is 4.99 Å². The van der Waals surface area contributed by atoms with Crippen LogP contribution in [0.3, 0.4) is 0 Å². The summed E-state index contributed by atoms with van der Waals surface area (Å²) < 4.78 is 29.6. The predicted molar refractivity (Wildman–Crippen MR) is 103 cm³/mol. The van der Waals surface area contributed by atoms with Crippen LogP contribution in [0.25, 0.3) is 0 Å².